The summed E-state index contributed by atoms with van der Waals surface area (Å²) in [4.78, 5) is 20.6. The molecule has 2 heterocycles. The third-order valence-corrected chi connectivity index (χ3v) is 3.07. The predicted octanol–water partition coefficient (Wildman–Crippen LogP) is 3.51. The first-order valence-electron chi connectivity index (χ1n) is 5.76. The van der Waals surface area contributed by atoms with Crippen LogP contribution in [0.5, 0.6) is 0 Å². The summed E-state index contributed by atoms with van der Waals surface area (Å²) in [5, 5.41) is 1.24. The first kappa shape index (κ1) is 11.8. The zero-order valence-electron chi connectivity index (χ0n) is 9.88. The van der Waals surface area contributed by atoms with E-state index in [0.717, 1.165) is 5.39 Å². The minimum absolute atomic E-state index is 0.103. The van der Waals surface area contributed by atoms with Gasteiger partial charge in [-0.1, -0.05) is 29.8 Å². The van der Waals surface area contributed by atoms with Crippen LogP contribution in [0.3, 0.4) is 0 Å². The Morgan fingerprint density at radius 2 is 1.84 bits per heavy atom. The summed E-state index contributed by atoms with van der Waals surface area (Å²) in [5.41, 5.74) is 1.78. The van der Waals surface area contributed by atoms with E-state index in [2.05, 4.69) is 9.97 Å². The zero-order chi connectivity index (χ0) is 13.2. The van der Waals surface area contributed by atoms with Crippen molar-refractivity contribution in [1.82, 2.24) is 9.97 Å². The molecule has 0 bridgehead atoms. The highest BCUT2D eigenvalue weighted by Gasteiger charge is 2.13. The number of halogens is 1. The Labute approximate surface area is 114 Å². The monoisotopic (exact) mass is 268 g/mol. The third-order valence-electron chi connectivity index (χ3n) is 2.87. The van der Waals surface area contributed by atoms with Crippen LogP contribution in [0, 0.1) is 0 Å². The lowest BCUT2D eigenvalue weighted by atomic mass is 10.0. The van der Waals surface area contributed by atoms with E-state index in [1.54, 1.807) is 24.4 Å². The van der Waals surface area contributed by atoms with Gasteiger partial charge in [-0.25, -0.2) is 4.98 Å². The van der Waals surface area contributed by atoms with Gasteiger partial charge in [0.1, 0.15) is 5.15 Å². The van der Waals surface area contributed by atoms with Crippen molar-refractivity contribution < 1.29 is 4.79 Å². The van der Waals surface area contributed by atoms with E-state index in [1.807, 2.05) is 24.3 Å². The Kier molecular flexibility index (Phi) is 2.97. The van der Waals surface area contributed by atoms with E-state index in [0.29, 0.717) is 21.8 Å². The Hall–Kier alpha value is -2.26. The molecule has 0 radical (unpaired) electrons. The summed E-state index contributed by atoms with van der Waals surface area (Å²) < 4.78 is 0. The fourth-order valence-electron chi connectivity index (χ4n) is 1.99. The molecule has 0 unspecified atom stereocenters. The molecule has 2 aromatic heterocycles. The van der Waals surface area contributed by atoms with Crippen molar-refractivity contribution >= 4 is 28.3 Å². The normalized spacial score (nSPS) is 10.6. The number of hydrogen-bond acceptors (Lipinski definition) is 3. The fourth-order valence-corrected chi connectivity index (χ4v) is 2.16. The number of fused-ring (bicyclic) bond motifs is 1. The molecule has 3 aromatic rings. The largest absolute Gasteiger partial charge is 0.289 e. The number of ketones is 1. The molecule has 0 fully saturated rings. The van der Waals surface area contributed by atoms with Crippen LogP contribution in [0.4, 0.5) is 0 Å². The van der Waals surface area contributed by atoms with E-state index in [4.69, 9.17) is 11.6 Å². The topological polar surface area (TPSA) is 42.9 Å². The summed E-state index contributed by atoms with van der Waals surface area (Å²) >= 11 is 5.82. The Bertz CT molecular complexity index is 765. The van der Waals surface area contributed by atoms with Crippen LogP contribution in [0.15, 0.2) is 54.9 Å². The number of carbonyl (C=O) groups excluding carboxylic acids is 1. The van der Waals surface area contributed by atoms with Crippen molar-refractivity contribution in [2.45, 2.75) is 0 Å². The Balaban J connectivity index is 2.17. The van der Waals surface area contributed by atoms with Gasteiger partial charge in [-0.3, -0.25) is 9.78 Å². The number of pyridine rings is 2. The maximum absolute atomic E-state index is 12.5. The molecule has 0 saturated carbocycles. The number of hydrogen-bond donors (Lipinski definition) is 0. The molecule has 0 atom stereocenters. The van der Waals surface area contributed by atoms with Crippen LogP contribution in [-0.2, 0) is 0 Å². The molecule has 4 heteroatoms. The second kappa shape index (κ2) is 4.78. The standard InChI is InChI=1S/C15H9ClN2O/c16-13-9-11(6-8-17-13)15(19)12-5-1-3-10-4-2-7-18-14(10)12/h1-9H. The molecular weight excluding hydrogens is 260 g/mol. The van der Waals surface area contributed by atoms with Crippen LogP contribution >= 0.6 is 11.6 Å². The van der Waals surface area contributed by atoms with Gasteiger partial charge in [0.15, 0.2) is 5.78 Å². The van der Waals surface area contributed by atoms with Crippen LogP contribution in [0.2, 0.25) is 5.15 Å². The molecule has 1 aromatic carbocycles. The fraction of sp³-hybridized carbons (Fsp3) is 0. The molecule has 92 valence electrons. The summed E-state index contributed by atoms with van der Waals surface area (Å²) in [6, 6.07) is 12.5. The molecular formula is C15H9ClN2O. The lowest BCUT2D eigenvalue weighted by molar-refractivity contribution is 0.104. The molecule has 0 amide bonds. The second-order valence-corrected chi connectivity index (χ2v) is 4.46. The lowest BCUT2D eigenvalue weighted by Gasteiger charge is -2.05. The van der Waals surface area contributed by atoms with Gasteiger partial charge < -0.3 is 0 Å². The maximum Gasteiger partial charge on any atom is 0.195 e. The van der Waals surface area contributed by atoms with Gasteiger partial charge in [0, 0.05) is 28.9 Å². The SMILES string of the molecule is O=C(c1ccnc(Cl)c1)c1cccc2cccnc12. The number of carbonyl (C=O) groups is 1. The van der Waals surface area contributed by atoms with Crippen LogP contribution < -0.4 is 0 Å². The summed E-state index contributed by atoms with van der Waals surface area (Å²) in [6.45, 7) is 0. The van der Waals surface area contributed by atoms with E-state index in [9.17, 15) is 4.79 Å². The summed E-state index contributed by atoms with van der Waals surface area (Å²) in [7, 11) is 0. The predicted molar refractivity (Wildman–Crippen MR) is 74.4 cm³/mol. The van der Waals surface area contributed by atoms with Gasteiger partial charge in [-0.05, 0) is 24.3 Å². The van der Waals surface area contributed by atoms with Crippen molar-refractivity contribution in [3.63, 3.8) is 0 Å². The van der Waals surface area contributed by atoms with Gasteiger partial charge >= 0.3 is 0 Å². The van der Waals surface area contributed by atoms with Crippen molar-refractivity contribution in [2.75, 3.05) is 0 Å². The number of para-hydroxylation sites is 1. The molecule has 0 saturated heterocycles. The van der Waals surface area contributed by atoms with Crippen LogP contribution in [-0.4, -0.2) is 15.8 Å². The quantitative estimate of drug-likeness (QED) is 0.528. The number of nitrogens with zero attached hydrogens (tertiary/aromatic N) is 2. The highest BCUT2D eigenvalue weighted by Crippen LogP contribution is 2.20. The van der Waals surface area contributed by atoms with Gasteiger partial charge in [0.05, 0.1) is 5.52 Å². The van der Waals surface area contributed by atoms with Gasteiger partial charge in [-0.15, -0.1) is 0 Å². The van der Waals surface area contributed by atoms with E-state index in [1.165, 1.54) is 6.20 Å². The molecule has 0 aliphatic heterocycles. The van der Waals surface area contributed by atoms with Crippen LogP contribution in [0.1, 0.15) is 15.9 Å². The molecule has 0 spiro atoms. The smallest absolute Gasteiger partial charge is 0.195 e. The number of aromatic nitrogens is 2. The highest BCUT2D eigenvalue weighted by atomic mass is 35.5. The maximum atomic E-state index is 12.5. The van der Waals surface area contributed by atoms with Crippen molar-refractivity contribution in [1.29, 1.82) is 0 Å². The van der Waals surface area contributed by atoms with Crippen LogP contribution in [0.25, 0.3) is 10.9 Å². The van der Waals surface area contributed by atoms with Crippen molar-refractivity contribution in [3.05, 3.63) is 71.1 Å². The highest BCUT2D eigenvalue weighted by molar-refractivity contribution is 6.30. The molecule has 0 N–H and O–H groups in total. The van der Waals surface area contributed by atoms with E-state index >= 15 is 0 Å². The first-order chi connectivity index (χ1) is 9.25. The molecule has 0 aliphatic rings. The average molecular weight is 269 g/mol. The van der Waals surface area contributed by atoms with Crippen molar-refractivity contribution in [3.8, 4) is 0 Å². The third kappa shape index (κ3) is 2.20. The van der Waals surface area contributed by atoms with Gasteiger partial charge in [0.25, 0.3) is 0 Å². The number of rotatable bonds is 2. The number of benzene rings is 1. The minimum atomic E-state index is -0.103. The summed E-state index contributed by atoms with van der Waals surface area (Å²) in [6.07, 6.45) is 3.20. The Morgan fingerprint density at radius 1 is 1.00 bits per heavy atom. The second-order valence-electron chi connectivity index (χ2n) is 4.08. The lowest BCUT2D eigenvalue weighted by Crippen LogP contribution is -2.03. The Morgan fingerprint density at radius 3 is 2.68 bits per heavy atom. The van der Waals surface area contributed by atoms with E-state index in [-0.39, 0.29) is 5.78 Å². The van der Waals surface area contributed by atoms with Gasteiger partial charge in [0.2, 0.25) is 0 Å². The van der Waals surface area contributed by atoms with E-state index < -0.39 is 0 Å². The minimum Gasteiger partial charge on any atom is -0.289 e. The van der Waals surface area contributed by atoms with Crippen molar-refractivity contribution in [2.24, 2.45) is 0 Å². The van der Waals surface area contributed by atoms with Gasteiger partial charge in [-0.2, -0.15) is 0 Å². The molecule has 3 rings (SSSR count). The zero-order valence-corrected chi connectivity index (χ0v) is 10.6. The average Bonchev–Trinajstić information content (AvgIpc) is 2.46. The first-order valence-corrected chi connectivity index (χ1v) is 6.13. The molecule has 0 aliphatic carbocycles. The summed E-state index contributed by atoms with van der Waals surface area (Å²) in [5.74, 6) is -0.103. The molecule has 19 heavy (non-hydrogen) atoms. The molecule has 3 nitrogen and oxygen atoms in total.